The lowest BCUT2D eigenvalue weighted by Crippen LogP contribution is -2.22. The van der Waals surface area contributed by atoms with E-state index < -0.39 is 10.2 Å². The topological polar surface area (TPSA) is 158 Å². The fourth-order valence-electron chi connectivity index (χ4n) is 5.90. The first-order chi connectivity index (χ1) is 21.4. The van der Waals surface area contributed by atoms with Gasteiger partial charge in [-0.25, -0.2) is 35.0 Å². The number of aromatic amines is 1. The number of nitrogens with zero attached hydrogens (tertiary/aromatic N) is 7. The molecule has 0 amide bonds. The molecule has 0 aliphatic carbocycles. The van der Waals surface area contributed by atoms with Crippen molar-refractivity contribution in [3.05, 3.63) is 97.1 Å². The molecule has 0 atom stereocenters. The molecule has 5 heterocycles. The van der Waals surface area contributed by atoms with Gasteiger partial charge in [-0.15, -0.1) is 0 Å². The molecule has 0 unspecified atom stereocenters. The Bertz CT molecular complexity index is 2500. The van der Waals surface area contributed by atoms with Gasteiger partial charge >= 0.3 is 10.2 Å². The van der Waals surface area contributed by atoms with Crippen molar-refractivity contribution in [2.75, 3.05) is 0 Å². The summed E-state index contributed by atoms with van der Waals surface area (Å²) in [5, 5.41) is 8.66. The van der Waals surface area contributed by atoms with Gasteiger partial charge in [0.15, 0.2) is 34.6 Å². The SMILES string of the molecule is NS(=O)(=O)n1c2nc3nc(nc4[nH]c(nc5nc(nc1c1ccccc12)-c1ccccc1-5)c1ccccc41)-c1ccccc1-3. The molecule has 8 bridgehead atoms. The summed E-state index contributed by atoms with van der Waals surface area (Å²) < 4.78 is 27.5. The summed E-state index contributed by atoms with van der Waals surface area (Å²) in [5.74, 6) is 1.44. The van der Waals surface area contributed by atoms with Crippen LogP contribution >= 0.6 is 0 Å². The monoisotopic (exact) mass is 593 g/mol. The average molecular weight is 594 g/mol. The molecular formula is C32H19N9O2S. The first-order valence-corrected chi connectivity index (χ1v) is 15.2. The molecule has 3 aromatic heterocycles. The highest BCUT2D eigenvalue weighted by Crippen LogP contribution is 2.37. The summed E-state index contributed by atoms with van der Waals surface area (Å²) in [5.41, 5.74) is 4.22. The van der Waals surface area contributed by atoms with Gasteiger partial charge in [0.2, 0.25) is 0 Å². The molecule has 0 spiro atoms. The second-order valence-corrected chi connectivity index (χ2v) is 11.8. The molecule has 2 aliphatic heterocycles. The standard InChI is InChI=1S/C32H19N9O2S/c33-44(42,43)41-31-23-15-7-8-16-24(23)32(41)40-30-22-14-6-4-12-20(22)28(38-30)36-26-18-10-2-1-9-17(18)25(34-26)35-27-19-11-3-5-13-21(19)29(37-27)39-31/h1-16H,(H2,33,42,43)(H,34,35,36,37,38,39,40). The van der Waals surface area contributed by atoms with Crippen LogP contribution in [0, 0.1) is 0 Å². The molecule has 7 aromatic rings. The van der Waals surface area contributed by atoms with Crippen molar-refractivity contribution in [2.45, 2.75) is 0 Å². The summed E-state index contributed by atoms with van der Waals surface area (Å²) >= 11 is 0. The van der Waals surface area contributed by atoms with E-state index in [9.17, 15) is 8.42 Å². The van der Waals surface area contributed by atoms with Crippen molar-refractivity contribution >= 4 is 54.3 Å². The Morgan fingerprint density at radius 1 is 0.477 bits per heavy atom. The zero-order valence-corrected chi connectivity index (χ0v) is 23.5. The van der Waals surface area contributed by atoms with E-state index >= 15 is 0 Å². The van der Waals surface area contributed by atoms with Crippen LogP contribution in [0.15, 0.2) is 97.1 Å². The Labute approximate surface area is 249 Å². The Morgan fingerprint density at radius 3 is 1.20 bits per heavy atom. The van der Waals surface area contributed by atoms with Crippen LogP contribution in [-0.2, 0) is 10.2 Å². The van der Waals surface area contributed by atoms with Crippen LogP contribution in [0.5, 0.6) is 0 Å². The number of aromatic nitrogens is 8. The average Bonchev–Trinajstić information content (AvgIpc) is 3.75. The molecular weight excluding hydrogens is 574 g/mol. The highest BCUT2D eigenvalue weighted by molar-refractivity contribution is 7.88. The van der Waals surface area contributed by atoms with Gasteiger partial charge in [0, 0.05) is 43.8 Å². The second-order valence-electron chi connectivity index (χ2n) is 10.4. The number of nitrogens with two attached hydrogens (primary N) is 1. The van der Waals surface area contributed by atoms with E-state index in [0.717, 1.165) is 25.9 Å². The van der Waals surface area contributed by atoms with Gasteiger partial charge in [0.1, 0.15) is 11.3 Å². The van der Waals surface area contributed by atoms with Crippen molar-refractivity contribution in [1.29, 1.82) is 0 Å². The highest BCUT2D eigenvalue weighted by atomic mass is 32.2. The fourth-order valence-corrected chi connectivity index (χ4v) is 6.67. The van der Waals surface area contributed by atoms with Crippen LogP contribution in [0.4, 0.5) is 0 Å². The summed E-state index contributed by atoms with van der Waals surface area (Å²) in [7, 11) is -4.40. The van der Waals surface area contributed by atoms with Crippen LogP contribution in [0.2, 0.25) is 0 Å². The summed E-state index contributed by atoms with van der Waals surface area (Å²) in [4.78, 5) is 32.6. The number of nitrogens with one attached hydrogen (secondary N) is 1. The van der Waals surface area contributed by atoms with Gasteiger partial charge < -0.3 is 4.98 Å². The molecule has 44 heavy (non-hydrogen) atoms. The molecule has 3 N–H and O–H groups in total. The van der Waals surface area contributed by atoms with Gasteiger partial charge in [-0.1, -0.05) is 97.1 Å². The van der Waals surface area contributed by atoms with Crippen LogP contribution in [-0.4, -0.2) is 47.3 Å². The molecule has 0 radical (unpaired) electrons. The first-order valence-electron chi connectivity index (χ1n) is 13.7. The Morgan fingerprint density at radius 2 is 0.818 bits per heavy atom. The minimum atomic E-state index is -4.40. The van der Waals surface area contributed by atoms with E-state index in [1.165, 1.54) is 0 Å². The van der Waals surface area contributed by atoms with Crippen LogP contribution in [0.1, 0.15) is 0 Å². The van der Waals surface area contributed by atoms with Gasteiger partial charge in [-0.3, -0.25) is 0 Å². The summed E-state index contributed by atoms with van der Waals surface area (Å²) in [6.45, 7) is 0. The van der Waals surface area contributed by atoms with Gasteiger partial charge in [0.25, 0.3) is 0 Å². The highest BCUT2D eigenvalue weighted by Gasteiger charge is 2.25. The third-order valence-electron chi connectivity index (χ3n) is 7.82. The number of fused-ring (bicyclic) bond motifs is 20. The third kappa shape index (κ3) is 3.55. The molecule has 4 aromatic carbocycles. The van der Waals surface area contributed by atoms with Crippen molar-refractivity contribution in [2.24, 2.45) is 5.14 Å². The molecule has 11 nitrogen and oxygen atoms in total. The molecule has 0 saturated heterocycles. The predicted molar refractivity (Wildman–Crippen MR) is 168 cm³/mol. The number of H-pyrrole nitrogens is 1. The van der Waals surface area contributed by atoms with Crippen LogP contribution in [0.3, 0.4) is 0 Å². The molecule has 0 saturated carbocycles. The molecule has 2 aliphatic rings. The van der Waals surface area contributed by atoms with Crippen molar-refractivity contribution in [3.63, 3.8) is 0 Å². The molecule has 9 rings (SSSR count). The lowest BCUT2D eigenvalue weighted by molar-refractivity contribution is 0.591. The van der Waals surface area contributed by atoms with E-state index in [4.69, 9.17) is 35.0 Å². The number of rotatable bonds is 1. The Hall–Kier alpha value is -5.85. The van der Waals surface area contributed by atoms with Gasteiger partial charge in [-0.2, -0.15) is 12.4 Å². The second kappa shape index (κ2) is 8.83. The maximum absolute atomic E-state index is 13.3. The van der Waals surface area contributed by atoms with Crippen molar-refractivity contribution < 1.29 is 8.42 Å². The van der Waals surface area contributed by atoms with Crippen LogP contribution < -0.4 is 5.14 Å². The molecule has 12 heteroatoms. The first kappa shape index (κ1) is 24.7. The van der Waals surface area contributed by atoms with E-state index in [1.807, 2.05) is 72.8 Å². The molecule has 210 valence electrons. The zero-order chi connectivity index (χ0) is 29.6. The zero-order valence-electron chi connectivity index (χ0n) is 22.7. The predicted octanol–water partition coefficient (Wildman–Crippen LogP) is 5.39. The Kier molecular flexibility index (Phi) is 4.96. The van der Waals surface area contributed by atoms with E-state index in [0.29, 0.717) is 56.5 Å². The number of benzene rings is 4. The minimum Gasteiger partial charge on any atom is -0.324 e. The van der Waals surface area contributed by atoms with E-state index in [1.54, 1.807) is 24.3 Å². The van der Waals surface area contributed by atoms with Crippen molar-refractivity contribution in [1.82, 2.24) is 38.9 Å². The Balaban J connectivity index is 1.57. The third-order valence-corrected chi connectivity index (χ3v) is 8.68. The maximum Gasteiger partial charge on any atom is 0.305 e. The normalized spacial score (nSPS) is 12.4. The maximum atomic E-state index is 13.3. The number of hydrogen-bond donors (Lipinski definition) is 2. The van der Waals surface area contributed by atoms with Crippen molar-refractivity contribution in [3.8, 4) is 45.6 Å². The minimum absolute atomic E-state index is 0.0807. The lowest BCUT2D eigenvalue weighted by Gasteiger charge is -2.02. The quantitative estimate of drug-likeness (QED) is 0.256. The smallest absolute Gasteiger partial charge is 0.305 e. The lowest BCUT2D eigenvalue weighted by atomic mass is 10.1. The van der Waals surface area contributed by atoms with E-state index in [2.05, 4.69) is 4.98 Å². The van der Waals surface area contributed by atoms with Crippen LogP contribution in [0.25, 0.3) is 89.7 Å². The van der Waals surface area contributed by atoms with E-state index in [-0.39, 0.29) is 11.3 Å². The molecule has 0 fully saturated rings. The largest absolute Gasteiger partial charge is 0.324 e. The summed E-state index contributed by atoms with van der Waals surface area (Å²) in [6.07, 6.45) is 0. The summed E-state index contributed by atoms with van der Waals surface area (Å²) in [6, 6.07) is 30.1. The van der Waals surface area contributed by atoms with Gasteiger partial charge in [0.05, 0.1) is 0 Å². The van der Waals surface area contributed by atoms with Gasteiger partial charge in [-0.05, 0) is 0 Å². The number of hydrogen-bond acceptors (Lipinski definition) is 8. The fraction of sp³-hybridized carbons (Fsp3) is 0.